The first kappa shape index (κ1) is 16.5. The molecule has 2 aromatic heterocycles. The molecule has 0 spiro atoms. The number of H-pyrrole nitrogens is 1. The monoisotopic (exact) mass is 340 g/mol. The van der Waals surface area contributed by atoms with Crippen molar-refractivity contribution in [3.8, 4) is 0 Å². The largest absolute Gasteiger partial charge is 0.332 e. The van der Waals surface area contributed by atoms with Gasteiger partial charge in [-0.2, -0.15) is 0 Å². The Morgan fingerprint density at radius 1 is 1.21 bits per heavy atom. The Labute approximate surface area is 145 Å². The summed E-state index contributed by atoms with van der Waals surface area (Å²) in [6, 6.07) is 13.6. The standard InChI is InChI=1S/C18H20N4OS/c1-3-15(17(23)22(4-2)13-9-6-5-7-10-13)24-18-20-14-11-8-12-19-16(14)21-18/h5-12,15H,3-4H2,1-2H3,(H,19,20,21)/t15-/m1/s1. The molecule has 0 fully saturated rings. The highest BCUT2D eigenvalue weighted by Gasteiger charge is 2.25. The van der Waals surface area contributed by atoms with Crippen LogP contribution in [-0.2, 0) is 4.79 Å². The van der Waals surface area contributed by atoms with Gasteiger partial charge in [-0.1, -0.05) is 36.9 Å². The number of imidazole rings is 1. The van der Waals surface area contributed by atoms with E-state index in [0.29, 0.717) is 12.2 Å². The minimum Gasteiger partial charge on any atom is -0.332 e. The van der Waals surface area contributed by atoms with Crippen LogP contribution in [0.25, 0.3) is 11.2 Å². The van der Waals surface area contributed by atoms with Crippen LogP contribution < -0.4 is 4.90 Å². The number of benzene rings is 1. The van der Waals surface area contributed by atoms with Gasteiger partial charge in [-0.25, -0.2) is 9.97 Å². The first-order valence-corrected chi connectivity index (χ1v) is 8.94. The SMILES string of the molecule is CC[C@@H](Sc1nc2ncccc2[nH]1)C(=O)N(CC)c1ccccc1. The summed E-state index contributed by atoms with van der Waals surface area (Å²) in [6.45, 7) is 4.66. The predicted octanol–water partition coefficient (Wildman–Crippen LogP) is 3.88. The topological polar surface area (TPSA) is 61.9 Å². The maximum absolute atomic E-state index is 13.0. The molecule has 1 aromatic carbocycles. The number of carbonyl (C=O) groups excluding carboxylic acids is 1. The van der Waals surface area contributed by atoms with Gasteiger partial charge in [0.05, 0.1) is 10.8 Å². The highest BCUT2D eigenvalue weighted by atomic mass is 32.2. The van der Waals surface area contributed by atoms with Crippen molar-refractivity contribution in [1.29, 1.82) is 0 Å². The molecule has 0 saturated carbocycles. The molecule has 1 atom stereocenters. The van der Waals surface area contributed by atoms with Gasteiger partial charge in [-0.15, -0.1) is 0 Å². The number of carbonyl (C=O) groups is 1. The molecular formula is C18H20N4OS. The molecule has 0 aliphatic rings. The normalized spacial score (nSPS) is 12.2. The van der Waals surface area contributed by atoms with Crippen molar-refractivity contribution in [3.63, 3.8) is 0 Å². The molecule has 2 heterocycles. The lowest BCUT2D eigenvalue weighted by Gasteiger charge is -2.25. The molecule has 24 heavy (non-hydrogen) atoms. The van der Waals surface area contributed by atoms with Crippen molar-refractivity contribution in [2.75, 3.05) is 11.4 Å². The van der Waals surface area contributed by atoms with E-state index in [2.05, 4.69) is 15.0 Å². The summed E-state index contributed by atoms with van der Waals surface area (Å²) in [6.07, 6.45) is 2.45. The Morgan fingerprint density at radius 3 is 2.67 bits per heavy atom. The number of hydrogen-bond donors (Lipinski definition) is 1. The van der Waals surface area contributed by atoms with Crippen LogP contribution in [0.2, 0.25) is 0 Å². The molecule has 5 nitrogen and oxygen atoms in total. The van der Waals surface area contributed by atoms with E-state index < -0.39 is 0 Å². The highest BCUT2D eigenvalue weighted by Crippen LogP contribution is 2.27. The second-order valence-corrected chi connectivity index (χ2v) is 6.54. The lowest BCUT2D eigenvalue weighted by atomic mass is 10.2. The van der Waals surface area contributed by atoms with Gasteiger partial charge in [0.15, 0.2) is 10.8 Å². The van der Waals surface area contributed by atoms with Crippen LogP contribution in [0, 0.1) is 0 Å². The third-order valence-corrected chi connectivity index (χ3v) is 5.02. The molecule has 0 unspecified atom stereocenters. The van der Waals surface area contributed by atoms with Gasteiger partial charge in [0.2, 0.25) is 5.91 Å². The van der Waals surface area contributed by atoms with Crippen molar-refractivity contribution < 1.29 is 4.79 Å². The van der Waals surface area contributed by atoms with Gasteiger partial charge < -0.3 is 9.88 Å². The van der Waals surface area contributed by atoms with Crippen LogP contribution in [-0.4, -0.2) is 32.7 Å². The Hall–Kier alpha value is -2.34. The number of aromatic nitrogens is 3. The minimum absolute atomic E-state index is 0.101. The molecule has 0 aliphatic carbocycles. The van der Waals surface area contributed by atoms with Crippen molar-refractivity contribution in [2.45, 2.75) is 30.7 Å². The van der Waals surface area contributed by atoms with Gasteiger partial charge in [0.25, 0.3) is 0 Å². The van der Waals surface area contributed by atoms with Gasteiger partial charge in [-0.3, -0.25) is 4.79 Å². The Kier molecular flexibility index (Phi) is 5.15. The summed E-state index contributed by atoms with van der Waals surface area (Å²) >= 11 is 1.46. The first-order chi connectivity index (χ1) is 11.7. The fraction of sp³-hybridized carbons (Fsp3) is 0.278. The molecular weight excluding hydrogens is 320 g/mol. The number of pyridine rings is 1. The molecule has 0 bridgehead atoms. The van der Waals surface area contributed by atoms with E-state index in [1.54, 1.807) is 6.20 Å². The quantitative estimate of drug-likeness (QED) is 0.692. The van der Waals surface area contributed by atoms with Gasteiger partial charge in [0.1, 0.15) is 0 Å². The minimum atomic E-state index is -0.189. The third-order valence-electron chi connectivity index (χ3n) is 3.79. The molecule has 1 N–H and O–H groups in total. The Morgan fingerprint density at radius 2 is 2.00 bits per heavy atom. The van der Waals surface area contributed by atoms with Crippen LogP contribution in [0.1, 0.15) is 20.3 Å². The van der Waals surface area contributed by atoms with Gasteiger partial charge in [0, 0.05) is 18.4 Å². The summed E-state index contributed by atoms with van der Waals surface area (Å²) in [4.78, 5) is 26.7. The van der Waals surface area contributed by atoms with Crippen molar-refractivity contribution >= 4 is 34.5 Å². The van der Waals surface area contributed by atoms with E-state index in [4.69, 9.17) is 0 Å². The molecule has 6 heteroatoms. The summed E-state index contributed by atoms with van der Waals surface area (Å²) in [5, 5.41) is 0.540. The van der Waals surface area contributed by atoms with E-state index in [9.17, 15) is 4.79 Å². The molecule has 124 valence electrons. The summed E-state index contributed by atoms with van der Waals surface area (Å²) < 4.78 is 0. The lowest BCUT2D eigenvalue weighted by Crippen LogP contribution is -2.37. The molecule has 3 rings (SSSR count). The van der Waals surface area contributed by atoms with Crippen LogP contribution in [0.5, 0.6) is 0 Å². The maximum Gasteiger partial charge on any atom is 0.240 e. The number of rotatable bonds is 6. The van der Waals surface area contributed by atoms with Crippen molar-refractivity contribution in [1.82, 2.24) is 15.0 Å². The van der Waals surface area contributed by atoms with E-state index >= 15 is 0 Å². The van der Waals surface area contributed by atoms with E-state index in [1.807, 2.05) is 61.2 Å². The summed E-state index contributed by atoms with van der Waals surface area (Å²) in [7, 11) is 0. The average Bonchev–Trinajstić information content (AvgIpc) is 3.03. The van der Waals surface area contributed by atoms with Crippen LogP contribution in [0.15, 0.2) is 53.8 Å². The Balaban J connectivity index is 1.80. The van der Waals surface area contributed by atoms with E-state index in [0.717, 1.165) is 22.8 Å². The highest BCUT2D eigenvalue weighted by molar-refractivity contribution is 8.00. The number of aromatic amines is 1. The zero-order valence-electron chi connectivity index (χ0n) is 13.8. The zero-order chi connectivity index (χ0) is 16.9. The molecule has 0 radical (unpaired) electrons. The second-order valence-electron chi connectivity index (χ2n) is 5.35. The summed E-state index contributed by atoms with van der Waals surface area (Å²) in [5.74, 6) is 0.101. The number of fused-ring (bicyclic) bond motifs is 1. The average molecular weight is 340 g/mol. The lowest BCUT2D eigenvalue weighted by molar-refractivity contribution is -0.118. The number of nitrogens with one attached hydrogen (secondary N) is 1. The van der Waals surface area contributed by atoms with Crippen LogP contribution in [0.4, 0.5) is 5.69 Å². The first-order valence-electron chi connectivity index (χ1n) is 8.06. The number of hydrogen-bond acceptors (Lipinski definition) is 4. The molecule has 0 saturated heterocycles. The number of amides is 1. The molecule has 0 aliphatic heterocycles. The van der Waals surface area contributed by atoms with Crippen molar-refractivity contribution in [3.05, 3.63) is 48.7 Å². The van der Waals surface area contributed by atoms with Crippen LogP contribution >= 0.6 is 11.8 Å². The number of nitrogens with zero attached hydrogens (tertiary/aromatic N) is 3. The van der Waals surface area contributed by atoms with E-state index in [-0.39, 0.29) is 11.2 Å². The van der Waals surface area contributed by atoms with E-state index in [1.165, 1.54) is 11.8 Å². The fourth-order valence-corrected chi connectivity index (χ4v) is 3.54. The zero-order valence-corrected chi connectivity index (χ0v) is 14.6. The smallest absolute Gasteiger partial charge is 0.240 e. The number of anilines is 1. The number of para-hydroxylation sites is 1. The van der Waals surface area contributed by atoms with Gasteiger partial charge in [-0.05, 0) is 37.6 Å². The molecule has 3 aromatic rings. The molecule has 1 amide bonds. The van der Waals surface area contributed by atoms with Crippen molar-refractivity contribution in [2.24, 2.45) is 0 Å². The number of thioether (sulfide) groups is 1. The maximum atomic E-state index is 13.0. The fourth-order valence-electron chi connectivity index (χ4n) is 2.57. The third kappa shape index (κ3) is 3.43. The predicted molar refractivity (Wildman–Crippen MR) is 98.3 cm³/mol. The van der Waals surface area contributed by atoms with Crippen LogP contribution in [0.3, 0.4) is 0 Å². The second kappa shape index (κ2) is 7.49. The Bertz CT molecular complexity index is 785. The van der Waals surface area contributed by atoms with Gasteiger partial charge >= 0.3 is 0 Å². The summed E-state index contributed by atoms with van der Waals surface area (Å²) in [5.41, 5.74) is 2.49.